The maximum atomic E-state index is 11.2. The van der Waals surface area contributed by atoms with Crippen molar-refractivity contribution in [2.24, 2.45) is 0 Å². The van der Waals surface area contributed by atoms with Crippen molar-refractivity contribution in [2.45, 2.75) is 6.42 Å². The predicted molar refractivity (Wildman–Crippen MR) is 76.6 cm³/mol. The number of aromatic nitrogens is 1. The Kier molecular flexibility index (Phi) is 6.83. The molecule has 0 unspecified atom stereocenters. The fourth-order valence-electron chi connectivity index (χ4n) is 1.65. The molecule has 0 amide bonds. The Morgan fingerprint density at radius 3 is 2.76 bits per heavy atom. The van der Waals surface area contributed by atoms with E-state index in [0.29, 0.717) is 13.2 Å². The number of hydrogen-bond donors (Lipinski definition) is 0. The van der Waals surface area contributed by atoms with Crippen LogP contribution in [0.5, 0.6) is 0 Å². The third-order valence-electron chi connectivity index (χ3n) is 2.69. The molecule has 0 aliphatic carbocycles. The molecule has 0 aliphatic rings. The summed E-state index contributed by atoms with van der Waals surface area (Å²) in [5, 5.41) is 11.3. The summed E-state index contributed by atoms with van der Waals surface area (Å²) in [6.07, 6.45) is 1.41. The lowest BCUT2D eigenvalue weighted by molar-refractivity contribution is -0.384. The van der Waals surface area contributed by atoms with Crippen molar-refractivity contribution >= 4 is 29.1 Å². The summed E-state index contributed by atoms with van der Waals surface area (Å²) >= 11 is 5.74. The monoisotopic (exact) mass is 317 g/mol. The number of esters is 1. The number of nitro groups is 1. The van der Waals surface area contributed by atoms with Crippen LogP contribution in [0.3, 0.4) is 0 Å². The molecule has 0 fully saturated rings. The molecule has 0 radical (unpaired) electrons. The molecule has 1 rings (SSSR count). The van der Waals surface area contributed by atoms with Crippen molar-refractivity contribution in [3.63, 3.8) is 0 Å². The largest absolute Gasteiger partial charge is 0.469 e. The number of hydrogen-bond acceptors (Lipinski definition) is 7. The third kappa shape index (κ3) is 5.16. The average Bonchev–Trinajstić information content (AvgIpc) is 2.47. The first kappa shape index (κ1) is 17.1. The van der Waals surface area contributed by atoms with Crippen LogP contribution in [0.2, 0.25) is 5.02 Å². The van der Waals surface area contributed by atoms with Gasteiger partial charge in [0.05, 0.1) is 30.1 Å². The molecule has 0 bridgehead atoms. The summed E-state index contributed by atoms with van der Waals surface area (Å²) in [7, 11) is 2.80. The second-order valence-electron chi connectivity index (χ2n) is 4.06. The number of carbonyl (C=O) groups excluding carboxylic acids is 1. The topological polar surface area (TPSA) is 94.8 Å². The lowest BCUT2D eigenvalue weighted by Crippen LogP contribution is -2.31. The van der Waals surface area contributed by atoms with Gasteiger partial charge in [0, 0.05) is 32.5 Å². The van der Waals surface area contributed by atoms with E-state index < -0.39 is 10.9 Å². The Morgan fingerprint density at radius 2 is 2.19 bits per heavy atom. The highest BCUT2D eigenvalue weighted by molar-refractivity contribution is 6.30. The van der Waals surface area contributed by atoms with E-state index in [0.717, 1.165) is 0 Å². The predicted octanol–water partition coefficient (Wildman–Crippen LogP) is 1.66. The van der Waals surface area contributed by atoms with Crippen molar-refractivity contribution in [3.05, 3.63) is 27.4 Å². The second kappa shape index (κ2) is 8.38. The van der Waals surface area contributed by atoms with Gasteiger partial charge >= 0.3 is 11.7 Å². The molecule has 0 N–H and O–H groups in total. The summed E-state index contributed by atoms with van der Waals surface area (Å²) < 4.78 is 9.54. The first-order valence-corrected chi connectivity index (χ1v) is 6.48. The average molecular weight is 318 g/mol. The number of pyridine rings is 1. The highest BCUT2D eigenvalue weighted by Gasteiger charge is 2.22. The summed E-state index contributed by atoms with van der Waals surface area (Å²) in [5.74, 6) is -0.264. The number of nitrogens with zero attached hydrogens (tertiary/aromatic N) is 3. The fraction of sp³-hybridized carbons (Fsp3) is 0.500. The summed E-state index contributed by atoms with van der Waals surface area (Å²) in [4.78, 5) is 27.4. The van der Waals surface area contributed by atoms with Gasteiger partial charge in [-0.15, -0.1) is 0 Å². The molecule has 0 atom stereocenters. The summed E-state index contributed by atoms with van der Waals surface area (Å²) in [5.41, 5.74) is -0.219. The van der Waals surface area contributed by atoms with E-state index in [1.807, 2.05) is 0 Å². The molecule has 1 heterocycles. The van der Waals surface area contributed by atoms with Crippen molar-refractivity contribution in [1.29, 1.82) is 0 Å². The van der Waals surface area contributed by atoms with Crippen molar-refractivity contribution < 1.29 is 19.2 Å². The van der Waals surface area contributed by atoms with Crippen molar-refractivity contribution in [2.75, 3.05) is 38.8 Å². The molecule has 0 spiro atoms. The van der Waals surface area contributed by atoms with E-state index in [2.05, 4.69) is 9.72 Å². The van der Waals surface area contributed by atoms with Gasteiger partial charge in [0.25, 0.3) is 0 Å². The molecule has 0 saturated carbocycles. The van der Waals surface area contributed by atoms with Crippen LogP contribution in [0.1, 0.15) is 6.42 Å². The molecular weight excluding hydrogens is 302 g/mol. The first-order chi connectivity index (χ1) is 9.99. The highest BCUT2D eigenvalue weighted by Crippen LogP contribution is 2.28. The van der Waals surface area contributed by atoms with Crippen LogP contribution in [0.25, 0.3) is 0 Å². The van der Waals surface area contributed by atoms with Crippen molar-refractivity contribution in [3.8, 4) is 0 Å². The fourth-order valence-corrected chi connectivity index (χ4v) is 1.80. The minimum absolute atomic E-state index is 0.0850. The van der Waals surface area contributed by atoms with Gasteiger partial charge in [-0.3, -0.25) is 14.9 Å². The Hall–Kier alpha value is -1.93. The maximum absolute atomic E-state index is 11.2. The number of rotatable bonds is 8. The first-order valence-electron chi connectivity index (χ1n) is 6.10. The molecule has 0 aliphatic heterocycles. The molecule has 1 aromatic heterocycles. The number of ether oxygens (including phenoxy) is 2. The number of anilines is 1. The minimum atomic E-state index is -0.563. The maximum Gasteiger partial charge on any atom is 0.313 e. The van der Waals surface area contributed by atoms with Crippen LogP contribution in [-0.2, 0) is 14.3 Å². The Labute approximate surface area is 126 Å². The summed E-state index contributed by atoms with van der Waals surface area (Å²) in [6, 6.07) is 1.22. The van der Waals surface area contributed by atoms with Gasteiger partial charge in [-0.25, -0.2) is 4.98 Å². The van der Waals surface area contributed by atoms with E-state index in [-0.39, 0.29) is 29.5 Å². The second-order valence-corrected chi connectivity index (χ2v) is 4.50. The number of methoxy groups -OCH3 is 2. The van der Waals surface area contributed by atoms with E-state index in [4.69, 9.17) is 16.3 Å². The van der Waals surface area contributed by atoms with Crippen LogP contribution < -0.4 is 4.90 Å². The molecule has 8 nitrogen and oxygen atoms in total. The van der Waals surface area contributed by atoms with Crippen LogP contribution in [0.4, 0.5) is 11.5 Å². The van der Waals surface area contributed by atoms with Gasteiger partial charge in [-0.05, 0) is 0 Å². The highest BCUT2D eigenvalue weighted by atomic mass is 35.5. The van der Waals surface area contributed by atoms with E-state index in [1.54, 1.807) is 4.90 Å². The standard InChI is InChI=1S/C12H16ClN3O5/c1-20-6-5-15(4-3-11(17)21-2)12-10(16(18)19)7-9(13)8-14-12/h7-8H,3-6H2,1-2H3. The molecule has 9 heteroatoms. The Balaban J connectivity index is 3.01. The normalized spacial score (nSPS) is 10.2. The zero-order valence-electron chi connectivity index (χ0n) is 11.7. The van der Waals surface area contributed by atoms with Gasteiger partial charge in [-0.1, -0.05) is 11.6 Å². The molecule has 1 aromatic rings. The lowest BCUT2D eigenvalue weighted by Gasteiger charge is -2.22. The lowest BCUT2D eigenvalue weighted by atomic mass is 10.3. The van der Waals surface area contributed by atoms with Gasteiger partial charge in [0.15, 0.2) is 0 Å². The molecule has 116 valence electrons. The van der Waals surface area contributed by atoms with Crippen LogP contribution >= 0.6 is 11.6 Å². The Bertz CT molecular complexity index is 512. The number of carbonyl (C=O) groups is 1. The van der Waals surface area contributed by atoms with Crippen LogP contribution in [-0.4, -0.2) is 49.8 Å². The van der Waals surface area contributed by atoms with Crippen LogP contribution in [0, 0.1) is 10.1 Å². The smallest absolute Gasteiger partial charge is 0.313 e. The number of halogens is 1. The van der Waals surface area contributed by atoms with Crippen LogP contribution in [0.15, 0.2) is 12.3 Å². The molecule has 0 aromatic carbocycles. The zero-order chi connectivity index (χ0) is 15.8. The molecule has 0 saturated heterocycles. The van der Waals surface area contributed by atoms with Gasteiger partial charge in [0.1, 0.15) is 0 Å². The molecule has 21 heavy (non-hydrogen) atoms. The quantitative estimate of drug-likeness (QED) is 0.409. The van der Waals surface area contributed by atoms with Gasteiger partial charge in [-0.2, -0.15) is 0 Å². The summed E-state index contributed by atoms with van der Waals surface area (Å²) in [6.45, 7) is 0.914. The van der Waals surface area contributed by atoms with Gasteiger partial charge in [0.2, 0.25) is 5.82 Å². The zero-order valence-corrected chi connectivity index (χ0v) is 12.5. The Morgan fingerprint density at radius 1 is 1.48 bits per heavy atom. The van der Waals surface area contributed by atoms with Gasteiger partial charge < -0.3 is 14.4 Å². The minimum Gasteiger partial charge on any atom is -0.469 e. The van der Waals surface area contributed by atoms with E-state index >= 15 is 0 Å². The van der Waals surface area contributed by atoms with Crippen molar-refractivity contribution in [1.82, 2.24) is 4.98 Å². The molecular formula is C12H16ClN3O5. The SMILES string of the molecule is COCCN(CCC(=O)OC)c1ncc(Cl)cc1[N+](=O)[O-]. The third-order valence-corrected chi connectivity index (χ3v) is 2.90. The van der Waals surface area contributed by atoms with E-state index in [1.165, 1.54) is 26.5 Å². The van der Waals surface area contributed by atoms with E-state index in [9.17, 15) is 14.9 Å².